The summed E-state index contributed by atoms with van der Waals surface area (Å²) in [5, 5.41) is 11.9. The Bertz CT molecular complexity index is 356. The van der Waals surface area contributed by atoms with Crippen molar-refractivity contribution in [3.8, 4) is 5.75 Å². The van der Waals surface area contributed by atoms with E-state index in [1.165, 1.54) is 6.07 Å². The van der Waals surface area contributed by atoms with E-state index in [2.05, 4.69) is 5.32 Å². The fourth-order valence-electron chi connectivity index (χ4n) is 1.56. The number of para-hydroxylation sites is 1. The van der Waals surface area contributed by atoms with Crippen molar-refractivity contribution in [2.24, 2.45) is 0 Å². The van der Waals surface area contributed by atoms with E-state index in [0.717, 1.165) is 12.0 Å². The van der Waals surface area contributed by atoms with Gasteiger partial charge in [-0.15, -0.1) is 0 Å². The fourth-order valence-corrected chi connectivity index (χ4v) is 1.56. The van der Waals surface area contributed by atoms with Gasteiger partial charge in [0.25, 0.3) is 0 Å². The molecule has 0 aliphatic rings. The second kappa shape index (κ2) is 8.06. The normalized spacial score (nSPS) is 10.9. The lowest BCUT2D eigenvalue weighted by atomic mass is 10.2. The van der Waals surface area contributed by atoms with Gasteiger partial charge in [-0.05, 0) is 18.9 Å². The molecule has 2 N–H and O–H groups in total. The molecule has 0 amide bonds. The van der Waals surface area contributed by atoms with E-state index < -0.39 is 0 Å². The number of ether oxygens (including phenoxy) is 1. The van der Waals surface area contributed by atoms with E-state index in [-0.39, 0.29) is 12.4 Å². The molecule has 0 radical (unpaired) electrons. The van der Waals surface area contributed by atoms with Gasteiger partial charge < -0.3 is 15.2 Å². The third kappa shape index (κ3) is 5.02. The summed E-state index contributed by atoms with van der Waals surface area (Å²) < 4.78 is 19.2. The van der Waals surface area contributed by atoms with Gasteiger partial charge in [-0.25, -0.2) is 4.39 Å². The van der Waals surface area contributed by atoms with E-state index in [1.54, 1.807) is 6.07 Å². The Balaban J connectivity index is 2.62. The Hall–Kier alpha value is -1.13. The van der Waals surface area contributed by atoms with Gasteiger partial charge in [0.1, 0.15) is 0 Å². The van der Waals surface area contributed by atoms with Gasteiger partial charge in [-0.3, -0.25) is 0 Å². The molecule has 0 aliphatic heterocycles. The summed E-state index contributed by atoms with van der Waals surface area (Å²) in [5.74, 6) is -0.00866. The van der Waals surface area contributed by atoms with Crippen molar-refractivity contribution in [2.75, 3.05) is 13.2 Å². The third-order valence-electron chi connectivity index (χ3n) is 2.55. The van der Waals surface area contributed by atoms with Gasteiger partial charge in [0, 0.05) is 24.8 Å². The SMILES string of the molecule is CC(C)NCc1cccc(F)c1OCCCCO. The summed E-state index contributed by atoms with van der Waals surface area (Å²) in [6, 6.07) is 5.29. The van der Waals surface area contributed by atoms with Crippen LogP contribution in [0.2, 0.25) is 0 Å². The minimum atomic E-state index is -0.331. The van der Waals surface area contributed by atoms with Crippen LogP contribution in [0.4, 0.5) is 4.39 Å². The van der Waals surface area contributed by atoms with E-state index in [0.29, 0.717) is 31.4 Å². The zero-order valence-electron chi connectivity index (χ0n) is 11.1. The summed E-state index contributed by atoms with van der Waals surface area (Å²) in [4.78, 5) is 0. The molecule has 0 aromatic heterocycles. The molecule has 1 aromatic carbocycles. The molecule has 3 nitrogen and oxygen atoms in total. The first-order chi connectivity index (χ1) is 8.65. The van der Waals surface area contributed by atoms with Crippen LogP contribution < -0.4 is 10.1 Å². The minimum Gasteiger partial charge on any atom is -0.490 e. The number of nitrogens with one attached hydrogen (secondary N) is 1. The van der Waals surface area contributed by atoms with Crippen molar-refractivity contribution in [2.45, 2.75) is 39.3 Å². The van der Waals surface area contributed by atoms with Gasteiger partial charge in [-0.1, -0.05) is 26.0 Å². The lowest BCUT2D eigenvalue weighted by molar-refractivity contribution is 0.247. The van der Waals surface area contributed by atoms with Crippen LogP contribution in [0.15, 0.2) is 18.2 Å². The molecular formula is C14H22FNO2. The average molecular weight is 255 g/mol. The monoisotopic (exact) mass is 255 g/mol. The van der Waals surface area contributed by atoms with Crippen LogP contribution >= 0.6 is 0 Å². The first kappa shape index (κ1) is 14.9. The standard InChI is InChI=1S/C14H22FNO2/c1-11(2)16-10-12-6-5-7-13(15)14(12)18-9-4-3-8-17/h5-7,11,16-17H,3-4,8-10H2,1-2H3. The molecule has 0 aliphatic carbocycles. The molecule has 0 heterocycles. The average Bonchev–Trinajstić information content (AvgIpc) is 2.34. The summed E-state index contributed by atoms with van der Waals surface area (Å²) in [6.45, 7) is 5.24. The van der Waals surface area contributed by atoms with Gasteiger partial charge in [0.05, 0.1) is 6.61 Å². The minimum absolute atomic E-state index is 0.141. The molecule has 0 atom stereocenters. The number of rotatable bonds is 8. The highest BCUT2D eigenvalue weighted by molar-refractivity contribution is 5.34. The molecule has 0 saturated heterocycles. The quantitative estimate of drug-likeness (QED) is 0.701. The maximum atomic E-state index is 13.7. The van der Waals surface area contributed by atoms with Crippen molar-refractivity contribution in [1.82, 2.24) is 5.32 Å². The maximum absolute atomic E-state index is 13.7. The second-order valence-electron chi connectivity index (χ2n) is 4.54. The molecule has 18 heavy (non-hydrogen) atoms. The number of aliphatic hydroxyl groups is 1. The topological polar surface area (TPSA) is 41.5 Å². The molecule has 1 aromatic rings. The van der Waals surface area contributed by atoms with Crippen LogP contribution in [0.1, 0.15) is 32.3 Å². The van der Waals surface area contributed by atoms with Gasteiger partial charge in [0.2, 0.25) is 0 Å². The highest BCUT2D eigenvalue weighted by Crippen LogP contribution is 2.23. The molecular weight excluding hydrogens is 233 g/mol. The Kier molecular flexibility index (Phi) is 6.68. The number of benzene rings is 1. The van der Waals surface area contributed by atoms with Crippen molar-refractivity contribution < 1.29 is 14.2 Å². The number of aliphatic hydroxyl groups excluding tert-OH is 1. The van der Waals surface area contributed by atoms with Crippen molar-refractivity contribution in [3.05, 3.63) is 29.6 Å². The fraction of sp³-hybridized carbons (Fsp3) is 0.571. The summed E-state index contributed by atoms with van der Waals surface area (Å²) in [6.07, 6.45) is 1.40. The molecule has 0 bridgehead atoms. The van der Waals surface area contributed by atoms with Crippen molar-refractivity contribution in [1.29, 1.82) is 0 Å². The lowest BCUT2D eigenvalue weighted by Gasteiger charge is -2.14. The van der Waals surface area contributed by atoms with Gasteiger partial charge in [-0.2, -0.15) is 0 Å². The smallest absolute Gasteiger partial charge is 0.165 e. The zero-order chi connectivity index (χ0) is 13.4. The molecule has 4 heteroatoms. The molecule has 102 valence electrons. The molecule has 1 rings (SSSR count). The van der Waals surface area contributed by atoms with Crippen LogP contribution in [0.3, 0.4) is 0 Å². The number of hydrogen-bond donors (Lipinski definition) is 2. The highest BCUT2D eigenvalue weighted by Gasteiger charge is 2.09. The first-order valence-electron chi connectivity index (χ1n) is 6.39. The zero-order valence-corrected chi connectivity index (χ0v) is 11.1. The Morgan fingerprint density at radius 2 is 2.11 bits per heavy atom. The first-order valence-corrected chi connectivity index (χ1v) is 6.39. The van der Waals surface area contributed by atoms with Gasteiger partial charge >= 0.3 is 0 Å². The molecule has 0 spiro atoms. The number of unbranched alkanes of at least 4 members (excludes halogenated alkanes) is 1. The van der Waals surface area contributed by atoms with Crippen LogP contribution in [-0.2, 0) is 6.54 Å². The Morgan fingerprint density at radius 1 is 1.33 bits per heavy atom. The van der Waals surface area contributed by atoms with Crippen LogP contribution in [0.5, 0.6) is 5.75 Å². The van der Waals surface area contributed by atoms with Crippen LogP contribution in [0, 0.1) is 5.82 Å². The Labute approximate surface area is 108 Å². The van der Waals surface area contributed by atoms with Gasteiger partial charge in [0.15, 0.2) is 11.6 Å². The molecule has 0 unspecified atom stereocenters. The van der Waals surface area contributed by atoms with Crippen molar-refractivity contribution >= 4 is 0 Å². The van der Waals surface area contributed by atoms with E-state index in [9.17, 15) is 4.39 Å². The van der Waals surface area contributed by atoms with E-state index in [1.807, 2.05) is 19.9 Å². The van der Waals surface area contributed by atoms with E-state index >= 15 is 0 Å². The van der Waals surface area contributed by atoms with E-state index in [4.69, 9.17) is 9.84 Å². The largest absolute Gasteiger partial charge is 0.490 e. The Morgan fingerprint density at radius 3 is 2.78 bits per heavy atom. The summed E-state index contributed by atoms with van der Waals surface area (Å²) >= 11 is 0. The molecule has 0 saturated carbocycles. The highest BCUT2D eigenvalue weighted by atomic mass is 19.1. The summed E-state index contributed by atoms with van der Waals surface area (Å²) in [7, 11) is 0. The second-order valence-corrected chi connectivity index (χ2v) is 4.54. The predicted octanol–water partition coefficient (Wildman–Crippen LogP) is 2.48. The number of halogens is 1. The summed E-state index contributed by atoms with van der Waals surface area (Å²) in [5.41, 5.74) is 0.827. The molecule has 0 fully saturated rings. The van der Waals surface area contributed by atoms with Crippen LogP contribution in [-0.4, -0.2) is 24.4 Å². The lowest BCUT2D eigenvalue weighted by Crippen LogP contribution is -2.22. The predicted molar refractivity (Wildman–Crippen MR) is 70.2 cm³/mol. The third-order valence-corrected chi connectivity index (χ3v) is 2.55. The maximum Gasteiger partial charge on any atom is 0.165 e. The number of hydrogen-bond acceptors (Lipinski definition) is 3. The van der Waals surface area contributed by atoms with Crippen LogP contribution in [0.25, 0.3) is 0 Å². The van der Waals surface area contributed by atoms with Crippen molar-refractivity contribution in [3.63, 3.8) is 0 Å².